The number of sulfonamides is 1. The third-order valence-electron chi connectivity index (χ3n) is 4.05. The molecule has 0 unspecified atom stereocenters. The standard InChI is InChI=1S/C19H13F4N3O2S/c1-2-11-26-18(19(21,22)23)16(12-3-7-14(20)8-4-12)17(25-26)13-5-9-15(10-6-13)29(24,27)28/h1,3-10H,11H2,(H2,24,27,28). The SMILES string of the molecule is C#CCn1nc(-c2ccc(S(N)(=O)=O)cc2)c(-c2ccc(F)cc2)c1C(F)(F)F. The number of rotatable bonds is 4. The quantitative estimate of drug-likeness (QED) is 0.514. The summed E-state index contributed by atoms with van der Waals surface area (Å²) >= 11 is 0. The van der Waals surface area contributed by atoms with Crippen LogP contribution in [0.25, 0.3) is 22.4 Å². The van der Waals surface area contributed by atoms with Gasteiger partial charge in [-0.05, 0) is 29.8 Å². The van der Waals surface area contributed by atoms with Crippen molar-refractivity contribution in [3.05, 3.63) is 60.0 Å². The molecule has 0 bridgehead atoms. The molecule has 0 atom stereocenters. The molecular formula is C19H13F4N3O2S. The first-order valence-corrected chi connectivity index (χ1v) is 9.57. The highest BCUT2D eigenvalue weighted by Crippen LogP contribution is 2.42. The summed E-state index contributed by atoms with van der Waals surface area (Å²) in [5, 5.41) is 9.06. The van der Waals surface area contributed by atoms with E-state index < -0.39 is 34.3 Å². The molecule has 0 saturated carbocycles. The van der Waals surface area contributed by atoms with Crippen LogP contribution in [0.4, 0.5) is 17.6 Å². The van der Waals surface area contributed by atoms with Crippen molar-refractivity contribution in [1.29, 1.82) is 0 Å². The zero-order valence-electron chi connectivity index (χ0n) is 14.6. The van der Waals surface area contributed by atoms with Crippen molar-refractivity contribution in [2.75, 3.05) is 0 Å². The van der Waals surface area contributed by atoms with Gasteiger partial charge in [-0.3, -0.25) is 0 Å². The molecule has 29 heavy (non-hydrogen) atoms. The summed E-state index contributed by atoms with van der Waals surface area (Å²) in [4.78, 5) is -0.205. The largest absolute Gasteiger partial charge is 0.433 e. The number of terminal acetylenes is 1. The maximum atomic E-state index is 13.8. The lowest BCUT2D eigenvalue weighted by Crippen LogP contribution is -2.15. The van der Waals surface area contributed by atoms with E-state index in [0.29, 0.717) is 4.68 Å². The predicted molar refractivity (Wildman–Crippen MR) is 98.3 cm³/mol. The molecule has 0 saturated heterocycles. The predicted octanol–water partition coefficient (Wildman–Crippen LogP) is 3.66. The van der Waals surface area contributed by atoms with Crippen LogP contribution in [0.1, 0.15) is 5.69 Å². The molecule has 10 heteroatoms. The van der Waals surface area contributed by atoms with Gasteiger partial charge in [0.25, 0.3) is 0 Å². The molecule has 0 aliphatic heterocycles. The Balaban J connectivity index is 2.31. The van der Waals surface area contributed by atoms with Crippen LogP contribution in [0.15, 0.2) is 53.4 Å². The van der Waals surface area contributed by atoms with Crippen LogP contribution in [0.5, 0.6) is 0 Å². The first-order chi connectivity index (χ1) is 13.5. The highest BCUT2D eigenvalue weighted by Gasteiger charge is 2.40. The van der Waals surface area contributed by atoms with E-state index in [2.05, 4.69) is 11.0 Å². The number of halogens is 4. The molecule has 0 radical (unpaired) electrons. The molecule has 2 N–H and O–H groups in total. The molecule has 0 fully saturated rings. The normalized spacial score (nSPS) is 12.0. The molecule has 0 aliphatic rings. The minimum absolute atomic E-state index is 0.0764. The third-order valence-corrected chi connectivity index (χ3v) is 4.98. The smallest absolute Gasteiger partial charge is 0.247 e. The molecule has 2 aromatic carbocycles. The van der Waals surface area contributed by atoms with Crippen LogP contribution >= 0.6 is 0 Å². The monoisotopic (exact) mass is 423 g/mol. The van der Waals surface area contributed by atoms with Crippen LogP contribution in [0.2, 0.25) is 0 Å². The van der Waals surface area contributed by atoms with Gasteiger partial charge in [-0.25, -0.2) is 22.6 Å². The van der Waals surface area contributed by atoms with Crippen LogP contribution in [-0.2, 0) is 22.7 Å². The second-order valence-corrected chi connectivity index (χ2v) is 7.57. The maximum Gasteiger partial charge on any atom is 0.433 e. The van der Waals surface area contributed by atoms with Crippen LogP contribution in [0, 0.1) is 18.2 Å². The van der Waals surface area contributed by atoms with Gasteiger partial charge in [-0.2, -0.15) is 18.3 Å². The molecule has 1 aromatic heterocycles. The van der Waals surface area contributed by atoms with Gasteiger partial charge in [0, 0.05) is 11.1 Å². The van der Waals surface area contributed by atoms with Gasteiger partial charge >= 0.3 is 6.18 Å². The van der Waals surface area contributed by atoms with Crippen molar-refractivity contribution in [1.82, 2.24) is 9.78 Å². The molecule has 0 spiro atoms. The summed E-state index contributed by atoms with van der Waals surface area (Å²) < 4.78 is 78.3. The van der Waals surface area contributed by atoms with Crippen molar-refractivity contribution < 1.29 is 26.0 Å². The highest BCUT2D eigenvalue weighted by atomic mass is 32.2. The van der Waals surface area contributed by atoms with Crippen LogP contribution in [0.3, 0.4) is 0 Å². The molecular weight excluding hydrogens is 410 g/mol. The average Bonchev–Trinajstić information content (AvgIpc) is 3.02. The Kier molecular flexibility index (Phi) is 5.21. The number of nitrogens with two attached hydrogens (primary N) is 1. The van der Waals surface area contributed by atoms with E-state index in [1.54, 1.807) is 0 Å². The van der Waals surface area contributed by atoms with E-state index in [4.69, 9.17) is 11.6 Å². The number of aromatic nitrogens is 2. The minimum atomic E-state index is -4.80. The number of nitrogens with zero attached hydrogens (tertiary/aromatic N) is 2. The Hall–Kier alpha value is -3.16. The van der Waals surface area contributed by atoms with Gasteiger partial charge in [-0.15, -0.1) is 6.42 Å². The third kappa shape index (κ3) is 4.16. The first-order valence-electron chi connectivity index (χ1n) is 8.03. The summed E-state index contributed by atoms with van der Waals surface area (Å²) in [6, 6.07) is 9.35. The fourth-order valence-electron chi connectivity index (χ4n) is 2.85. The van der Waals surface area contributed by atoms with Crippen molar-refractivity contribution in [3.63, 3.8) is 0 Å². The van der Waals surface area contributed by atoms with Crippen molar-refractivity contribution in [2.24, 2.45) is 5.14 Å². The van der Waals surface area contributed by atoms with E-state index in [1.807, 2.05) is 0 Å². The second-order valence-electron chi connectivity index (χ2n) is 6.01. The van der Waals surface area contributed by atoms with Crippen molar-refractivity contribution in [2.45, 2.75) is 17.6 Å². The molecule has 3 aromatic rings. The van der Waals surface area contributed by atoms with Crippen molar-refractivity contribution in [3.8, 4) is 34.7 Å². The molecule has 1 heterocycles. The highest BCUT2D eigenvalue weighted by molar-refractivity contribution is 7.89. The Morgan fingerprint density at radius 2 is 1.59 bits per heavy atom. The maximum absolute atomic E-state index is 13.8. The van der Waals surface area contributed by atoms with Crippen molar-refractivity contribution >= 4 is 10.0 Å². The number of benzene rings is 2. The summed E-state index contributed by atoms with van der Waals surface area (Å²) in [6.07, 6.45) is 0.389. The average molecular weight is 423 g/mol. The fourth-order valence-corrected chi connectivity index (χ4v) is 3.36. The van der Waals surface area contributed by atoms with E-state index in [-0.39, 0.29) is 27.3 Å². The van der Waals surface area contributed by atoms with Gasteiger partial charge in [0.2, 0.25) is 10.0 Å². The molecule has 5 nitrogen and oxygen atoms in total. The Labute approximate surface area is 163 Å². The summed E-state index contributed by atoms with van der Waals surface area (Å²) in [5.41, 5.74) is -1.19. The van der Waals surface area contributed by atoms with Gasteiger partial charge in [0.1, 0.15) is 18.1 Å². The lowest BCUT2D eigenvalue weighted by molar-refractivity contribution is -0.143. The van der Waals surface area contributed by atoms with E-state index >= 15 is 0 Å². The number of hydrogen-bond acceptors (Lipinski definition) is 3. The van der Waals surface area contributed by atoms with Crippen LogP contribution < -0.4 is 5.14 Å². The van der Waals surface area contributed by atoms with Gasteiger partial charge in [0.05, 0.1) is 4.90 Å². The summed E-state index contributed by atoms with van der Waals surface area (Å²) in [6.45, 7) is -0.446. The zero-order chi connectivity index (χ0) is 21.4. The summed E-state index contributed by atoms with van der Waals surface area (Å²) in [7, 11) is -3.98. The Morgan fingerprint density at radius 1 is 1.03 bits per heavy atom. The zero-order valence-corrected chi connectivity index (χ0v) is 15.4. The van der Waals surface area contributed by atoms with E-state index in [0.717, 1.165) is 24.3 Å². The minimum Gasteiger partial charge on any atom is -0.247 e. The number of alkyl halides is 3. The molecule has 150 valence electrons. The number of hydrogen-bond donors (Lipinski definition) is 1. The molecule has 0 amide bonds. The second kappa shape index (κ2) is 7.35. The molecule has 3 rings (SSSR count). The van der Waals surface area contributed by atoms with E-state index in [1.165, 1.54) is 24.3 Å². The van der Waals surface area contributed by atoms with Gasteiger partial charge in [-0.1, -0.05) is 30.2 Å². The number of primary sulfonamides is 1. The lowest BCUT2D eigenvalue weighted by atomic mass is 9.98. The van der Waals surface area contributed by atoms with Crippen LogP contribution in [-0.4, -0.2) is 18.2 Å². The summed E-state index contributed by atoms with van der Waals surface area (Å²) in [5.74, 6) is 1.51. The van der Waals surface area contributed by atoms with Gasteiger partial charge in [0.15, 0.2) is 5.69 Å². The van der Waals surface area contributed by atoms with E-state index in [9.17, 15) is 26.0 Å². The fraction of sp³-hybridized carbons (Fsp3) is 0.105. The lowest BCUT2D eigenvalue weighted by Gasteiger charge is -2.12. The first kappa shape index (κ1) is 20.6. The van der Waals surface area contributed by atoms with Gasteiger partial charge < -0.3 is 0 Å². The Morgan fingerprint density at radius 3 is 2.07 bits per heavy atom. The topological polar surface area (TPSA) is 78.0 Å². The Bertz CT molecular complexity index is 1190. The molecule has 0 aliphatic carbocycles.